The van der Waals surface area contributed by atoms with Crippen LogP contribution in [0.15, 0.2) is 0 Å². The first-order valence-corrected chi connectivity index (χ1v) is 14.4. The van der Waals surface area contributed by atoms with E-state index < -0.39 is 17.0 Å². The molecule has 0 aliphatic carbocycles. The molecule has 0 N–H and O–H groups in total. The van der Waals surface area contributed by atoms with E-state index in [9.17, 15) is 0 Å². The van der Waals surface area contributed by atoms with Gasteiger partial charge in [0.25, 0.3) is 0 Å². The van der Waals surface area contributed by atoms with Crippen molar-refractivity contribution in [2.24, 2.45) is 0 Å². The van der Waals surface area contributed by atoms with E-state index in [2.05, 4.69) is 43.2 Å². The average Bonchev–Trinajstić information content (AvgIpc) is 2.41. The molecule has 0 unspecified atom stereocenters. The second-order valence-corrected chi connectivity index (χ2v) is 14.8. The predicted molar refractivity (Wildman–Crippen MR) is 104 cm³/mol. The summed E-state index contributed by atoms with van der Waals surface area (Å²) < 4.78 is 20.5. The van der Waals surface area contributed by atoms with E-state index in [1.54, 1.807) is 0 Å². The van der Waals surface area contributed by atoms with Gasteiger partial charge < -0.3 is 22.7 Å². The van der Waals surface area contributed by atoms with Gasteiger partial charge in [-0.25, -0.2) is 0 Å². The summed E-state index contributed by atoms with van der Waals surface area (Å²) in [5, 5.41) is 0. The van der Waals surface area contributed by atoms with Gasteiger partial charge in [0.05, 0.1) is 0 Å². The van der Waals surface area contributed by atoms with Crippen LogP contribution < -0.4 is 0 Å². The second-order valence-electron chi connectivity index (χ2n) is 7.05. The van der Waals surface area contributed by atoms with Crippen molar-refractivity contribution in [3.8, 4) is 0 Å². The van der Waals surface area contributed by atoms with Crippen LogP contribution in [0.2, 0.25) is 25.7 Å². The molecule has 0 radical (unpaired) electrons. The minimum absolute atomic E-state index is 0.657. The fourth-order valence-corrected chi connectivity index (χ4v) is 6.78. The summed E-state index contributed by atoms with van der Waals surface area (Å²) in [5.41, 5.74) is 0. The summed E-state index contributed by atoms with van der Waals surface area (Å²) in [6.07, 6.45) is 1.07. The normalized spacial score (nSPS) is 13.3. The van der Waals surface area contributed by atoms with E-state index in [4.69, 9.17) is 13.3 Å². The van der Waals surface area contributed by atoms with E-state index >= 15 is 0 Å². The van der Waals surface area contributed by atoms with Gasteiger partial charge in [0, 0.05) is 39.0 Å². The van der Waals surface area contributed by atoms with Crippen molar-refractivity contribution in [3.05, 3.63) is 0 Å². The highest BCUT2D eigenvalue weighted by Crippen LogP contribution is 2.20. The van der Waals surface area contributed by atoms with E-state index in [-0.39, 0.29) is 0 Å². The molecule has 0 aliphatic rings. The predicted octanol–water partition coefficient (Wildman–Crippen LogP) is 3.12. The van der Waals surface area contributed by atoms with Crippen molar-refractivity contribution in [2.45, 2.75) is 52.9 Å². The summed E-state index contributed by atoms with van der Waals surface area (Å²) in [6.45, 7) is 18.6. The summed E-state index contributed by atoms with van der Waals surface area (Å²) >= 11 is 0. The zero-order valence-corrected chi connectivity index (χ0v) is 18.8. The van der Waals surface area contributed by atoms with Crippen LogP contribution in [0.3, 0.4) is 0 Å². The van der Waals surface area contributed by atoms with Crippen molar-refractivity contribution < 1.29 is 13.3 Å². The molecule has 0 bridgehead atoms. The molecule has 23 heavy (non-hydrogen) atoms. The molecule has 0 amide bonds. The standard InChI is InChI=1S/C16H40N2O3Si2/c1-9-19-23(20-10-2,21-11-3)16-12-13-18(22(6,7)8)15-14-17(4)5/h9-16H2,1-8H3. The smallest absolute Gasteiger partial charge is 0.374 e. The minimum Gasteiger partial charge on any atom is -0.374 e. The zero-order chi connectivity index (χ0) is 17.9. The van der Waals surface area contributed by atoms with Crippen LogP contribution in [0.5, 0.6) is 0 Å². The molecule has 0 saturated heterocycles. The lowest BCUT2D eigenvalue weighted by atomic mass is 10.4. The van der Waals surface area contributed by atoms with E-state index in [1.807, 2.05) is 20.8 Å². The topological polar surface area (TPSA) is 34.2 Å². The third-order valence-corrected chi connectivity index (χ3v) is 9.27. The fourth-order valence-electron chi connectivity index (χ4n) is 2.59. The maximum absolute atomic E-state index is 5.96. The number of hydrogen-bond acceptors (Lipinski definition) is 5. The molecule has 0 heterocycles. The van der Waals surface area contributed by atoms with Gasteiger partial charge >= 0.3 is 8.80 Å². The van der Waals surface area contributed by atoms with Crippen LogP contribution in [-0.4, -0.2) is 80.1 Å². The van der Waals surface area contributed by atoms with Crippen LogP contribution >= 0.6 is 0 Å². The maximum atomic E-state index is 5.96. The molecule has 0 aromatic rings. The van der Waals surface area contributed by atoms with E-state index in [0.29, 0.717) is 19.8 Å². The number of likely N-dealkylation sites (N-methyl/N-ethyl adjacent to an activating group) is 1. The van der Waals surface area contributed by atoms with E-state index in [1.165, 1.54) is 0 Å². The van der Waals surface area contributed by atoms with E-state index in [0.717, 1.165) is 32.1 Å². The minimum atomic E-state index is -2.49. The lowest BCUT2D eigenvalue weighted by Gasteiger charge is -2.36. The molecule has 0 atom stereocenters. The first kappa shape index (κ1) is 23.2. The highest BCUT2D eigenvalue weighted by Gasteiger charge is 2.40. The highest BCUT2D eigenvalue weighted by atomic mass is 28.4. The third-order valence-electron chi connectivity index (χ3n) is 3.77. The van der Waals surface area contributed by atoms with Gasteiger partial charge in [-0.3, -0.25) is 0 Å². The summed E-state index contributed by atoms with van der Waals surface area (Å²) in [4.78, 5) is 2.26. The quantitative estimate of drug-likeness (QED) is 0.442. The average molecular weight is 365 g/mol. The van der Waals surface area contributed by atoms with Crippen LogP contribution in [-0.2, 0) is 13.3 Å². The Labute approximate surface area is 146 Å². The zero-order valence-electron chi connectivity index (χ0n) is 16.8. The number of rotatable bonds is 14. The molecule has 140 valence electrons. The molecular weight excluding hydrogens is 324 g/mol. The first-order valence-electron chi connectivity index (χ1n) is 9.02. The number of hydrogen-bond donors (Lipinski definition) is 0. The van der Waals surface area contributed by atoms with Crippen molar-refractivity contribution in [1.82, 2.24) is 9.47 Å². The Hall–Kier alpha value is 0.234. The lowest BCUT2D eigenvalue weighted by molar-refractivity contribution is 0.0703. The van der Waals surface area contributed by atoms with Gasteiger partial charge in [-0.05, 0) is 47.8 Å². The van der Waals surface area contributed by atoms with Gasteiger partial charge in [-0.1, -0.05) is 19.6 Å². The van der Waals surface area contributed by atoms with Gasteiger partial charge in [0.1, 0.15) is 8.24 Å². The monoisotopic (exact) mass is 364 g/mol. The Bertz CT molecular complexity index is 283. The molecule has 0 aromatic carbocycles. The van der Waals surface area contributed by atoms with Gasteiger partial charge in [-0.2, -0.15) is 0 Å². The second kappa shape index (κ2) is 11.7. The Kier molecular flexibility index (Phi) is 11.8. The molecule has 0 saturated carbocycles. The fraction of sp³-hybridized carbons (Fsp3) is 1.00. The summed E-state index contributed by atoms with van der Waals surface area (Å²) in [6, 6.07) is 0.908. The van der Waals surface area contributed by atoms with Crippen molar-refractivity contribution >= 4 is 17.0 Å². The molecular formula is C16H40N2O3Si2. The molecule has 0 fully saturated rings. The van der Waals surface area contributed by atoms with Crippen LogP contribution in [0.25, 0.3) is 0 Å². The third kappa shape index (κ3) is 9.96. The number of nitrogens with zero attached hydrogens (tertiary/aromatic N) is 2. The molecule has 5 nitrogen and oxygen atoms in total. The summed E-state index contributed by atoms with van der Waals surface area (Å²) in [5.74, 6) is 0. The van der Waals surface area contributed by atoms with Crippen LogP contribution in [0.1, 0.15) is 27.2 Å². The van der Waals surface area contributed by atoms with Crippen molar-refractivity contribution in [3.63, 3.8) is 0 Å². The Morgan fingerprint density at radius 2 is 1.22 bits per heavy atom. The van der Waals surface area contributed by atoms with Crippen LogP contribution in [0, 0.1) is 0 Å². The molecule has 7 heteroatoms. The Morgan fingerprint density at radius 3 is 1.57 bits per heavy atom. The van der Waals surface area contributed by atoms with Gasteiger partial charge in [0.15, 0.2) is 0 Å². The Balaban J connectivity index is 4.66. The van der Waals surface area contributed by atoms with Crippen molar-refractivity contribution in [1.29, 1.82) is 0 Å². The van der Waals surface area contributed by atoms with Crippen LogP contribution in [0.4, 0.5) is 0 Å². The molecule has 0 rings (SSSR count). The molecule has 0 aliphatic heterocycles. The highest BCUT2D eigenvalue weighted by molar-refractivity contribution is 6.73. The Morgan fingerprint density at radius 1 is 0.739 bits per heavy atom. The van der Waals surface area contributed by atoms with Gasteiger partial charge in [0.2, 0.25) is 0 Å². The summed E-state index contributed by atoms with van der Waals surface area (Å²) in [7, 11) is 0.483. The lowest BCUT2D eigenvalue weighted by Crippen LogP contribution is -2.50. The SMILES string of the molecule is CCO[Si](CCCN(CCN(C)C)[Si](C)(C)C)(OCC)OCC. The largest absolute Gasteiger partial charge is 0.500 e. The first-order chi connectivity index (χ1) is 10.7. The molecule has 0 aromatic heterocycles. The molecule has 0 spiro atoms. The maximum Gasteiger partial charge on any atom is 0.500 e. The van der Waals surface area contributed by atoms with Crippen molar-refractivity contribution in [2.75, 3.05) is 53.6 Å². The van der Waals surface area contributed by atoms with Gasteiger partial charge in [-0.15, -0.1) is 0 Å².